The first-order chi connectivity index (χ1) is 42.7. The Kier molecular flexibility index (Phi) is 61.9. The lowest BCUT2D eigenvalue weighted by Gasteiger charge is -2.40. The summed E-state index contributed by atoms with van der Waals surface area (Å²) in [5.74, 6) is -0.178. The van der Waals surface area contributed by atoms with E-state index in [1.165, 1.54) is 276 Å². The lowest BCUT2D eigenvalue weighted by atomic mass is 9.99. The van der Waals surface area contributed by atoms with Gasteiger partial charge in [-0.15, -0.1) is 0 Å². The van der Waals surface area contributed by atoms with Gasteiger partial charge in [-0.25, -0.2) is 0 Å². The Morgan fingerprint density at radius 3 is 1.21 bits per heavy atom. The van der Waals surface area contributed by atoms with Crippen molar-refractivity contribution in [1.82, 2.24) is 5.32 Å². The van der Waals surface area contributed by atoms with Crippen LogP contribution in [-0.2, 0) is 23.8 Å². The molecule has 0 bridgehead atoms. The molecule has 0 radical (unpaired) electrons. The Morgan fingerprint density at radius 1 is 0.425 bits per heavy atom. The average Bonchev–Trinajstić information content (AvgIpc) is 1.87. The number of aliphatic hydroxyl groups excluding tert-OH is 5. The van der Waals surface area contributed by atoms with Gasteiger partial charge in [0, 0.05) is 12.8 Å². The number of unbranched alkanes of at least 4 members (excludes halogenated alkanes) is 46. The van der Waals surface area contributed by atoms with Crippen LogP contribution in [0, 0.1) is 0 Å². The zero-order valence-electron chi connectivity index (χ0n) is 56.7. The van der Waals surface area contributed by atoms with E-state index in [0.29, 0.717) is 19.4 Å². The van der Waals surface area contributed by atoms with Gasteiger partial charge in [0.15, 0.2) is 6.29 Å². The van der Waals surface area contributed by atoms with E-state index in [-0.39, 0.29) is 18.5 Å². The monoisotopic (exact) mass is 1230 g/mol. The van der Waals surface area contributed by atoms with Gasteiger partial charge in [0.05, 0.1) is 32.0 Å². The number of allylic oxidation sites excluding steroid dienone is 7. The molecular weight excluding hydrogens is 1090 g/mol. The maximum Gasteiger partial charge on any atom is 0.305 e. The Labute approximate surface area is 536 Å². The number of ether oxygens (including phenoxy) is 3. The molecule has 1 heterocycles. The van der Waals surface area contributed by atoms with E-state index in [1.54, 1.807) is 6.08 Å². The molecule has 0 aromatic heterocycles. The third-order valence-electron chi connectivity index (χ3n) is 17.7. The van der Waals surface area contributed by atoms with E-state index in [2.05, 4.69) is 55.6 Å². The van der Waals surface area contributed by atoms with Crippen LogP contribution in [0.2, 0.25) is 0 Å². The van der Waals surface area contributed by atoms with Crippen LogP contribution in [0.1, 0.15) is 361 Å². The molecule has 6 N–H and O–H groups in total. The maximum absolute atomic E-state index is 13.1. The molecule has 0 spiro atoms. The first-order valence-electron chi connectivity index (χ1n) is 37.4. The van der Waals surface area contributed by atoms with E-state index in [0.717, 1.165) is 57.8 Å². The summed E-state index contributed by atoms with van der Waals surface area (Å²) < 4.78 is 16.7. The standard InChI is InChI=1S/C76H141NO10/c1-3-5-7-9-11-13-15-42-46-50-54-58-62-69(79)68(67-86-76-75(84)74(83)73(82)70(66-78)87-76)77-71(80)63-59-55-51-47-43-40-38-36-34-32-30-28-26-24-22-20-18-17-19-21-23-25-27-29-31-33-35-37-39-41-45-49-53-57-61-65-85-72(81)64-60-56-52-48-44-16-14-12-10-8-6-4-2/h19,21,25,27,42,46,58,62,68-70,73-76,78-79,82-84H,3-18,20,22-24,26,28-41,43-45,47-57,59-61,63-67H2,1-2H3,(H,77,80)/b21-19-,27-25-,46-42+,62-58+. The summed E-state index contributed by atoms with van der Waals surface area (Å²) in [5, 5.41) is 54.4. The van der Waals surface area contributed by atoms with Crippen LogP contribution in [0.4, 0.5) is 0 Å². The number of hydrogen-bond donors (Lipinski definition) is 6. The molecule has 0 aromatic rings. The summed E-state index contributed by atoms with van der Waals surface area (Å²) in [6, 6.07) is -0.826. The van der Waals surface area contributed by atoms with Crippen LogP contribution in [0.15, 0.2) is 48.6 Å². The van der Waals surface area contributed by atoms with Crippen LogP contribution in [0.25, 0.3) is 0 Å². The summed E-state index contributed by atoms with van der Waals surface area (Å²) in [6.07, 6.45) is 75.6. The number of carbonyl (C=O) groups excluding carboxylic acids is 2. The van der Waals surface area contributed by atoms with Crippen molar-refractivity contribution in [3.8, 4) is 0 Å². The predicted octanol–water partition coefficient (Wildman–Crippen LogP) is 19.5. The fourth-order valence-electron chi connectivity index (χ4n) is 11.8. The highest BCUT2D eigenvalue weighted by Crippen LogP contribution is 2.23. The van der Waals surface area contributed by atoms with Gasteiger partial charge in [-0.3, -0.25) is 9.59 Å². The molecule has 11 heteroatoms. The molecule has 87 heavy (non-hydrogen) atoms. The first-order valence-corrected chi connectivity index (χ1v) is 37.4. The highest BCUT2D eigenvalue weighted by atomic mass is 16.7. The van der Waals surface area contributed by atoms with Crippen LogP contribution in [0.3, 0.4) is 0 Å². The third kappa shape index (κ3) is 53.9. The second kappa shape index (κ2) is 65.1. The lowest BCUT2D eigenvalue weighted by Crippen LogP contribution is -2.60. The number of amides is 1. The first kappa shape index (κ1) is 82.6. The molecule has 1 aliphatic heterocycles. The molecule has 1 rings (SSSR count). The fourth-order valence-corrected chi connectivity index (χ4v) is 11.8. The molecule has 1 fully saturated rings. The highest BCUT2D eigenvalue weighted by Gasteiger charge is 2.44. The van der Waals surface area contributed by atoms with Crippen molar-refractivity contribution in [2.45, 2.75) is 403 Å². The molecule has 0 aromatic carbocycles. The van der Waals surface area contributed by atoms with E-state index in [4.69, 9.17) is 14.2 Å². The van der Waals surface area contributed by atoms with E-state index >= 15 is 0 Å². The fraction of sp³-hybridized carbons (Fsp3) is 0.868. The molecule has 1 aliphatic rings. The molecule has 1 saturated heterocycles. The van der Waals surface area contributed by atoms with E-state index < -0.39 is 49.5 Å². The van der Waals surface area contributed by atoms with Crippen molar-refractivity contribution in [2.24, 2.45) is 0 Å². The predicted molar refractivity (Wildman–Crippen MR) is 366 cm³/mol. The summed E-state index contributed by atoms with van der Waals surface area (Å²) in [7, 11) is 0. The maximum atomic E-state index is 13.1. The largest absolute Gasteiger partial charge is 0.466 e. The van der Waals surface area contributed by atoms with Crippen LogP contribution < -0.4 is 5.32 Å². The Hall–Kier alpha value is -2.38. The summed E-state index contributed by atoms with van der Waals surface area (Å²) in [4.78, 5) is 25.1. The Bertz CT molecular complexity index is 1580. The van der Waals surface area contributed by atoms with Crippen LogP contribution in [0.5, 0.6) is 0 Å². The number of esters is 1. The summed E-state index contributed by atoms with van der Waals surface area (Å²) in [6.45, 7) is 4.35. The number of aliphatic hydroxyl groups is 5. The quantitative estimate of drug-likeness (QED) is 0.0195. The number of hydrogen-bond acceptors (Lipinski definition) is 10. The second-order valence-corrected chi connectivity index (χ2v) is 26.0. The van der Waals surface area contributed by atoms with Crippen LogP contribution in [-0.4, -0.2) is 100 Å². The highest BCUT2D eigenvalue weighted by molar-refractivity contribution is 5.76. The second-order valence-electron chi connectivity index (χ2n) is 26.0. The van der Waals surface area contributed by atoms with Gasteiger partial charge in [0.25, 0.3) is 0 Å². The van der Waals surface area contributed by atoms with Gasteiger partial charge in [0.2, 0.25) is 5.91 Å². The molecule has 510 valence electrons. The van der Waals surface area contributed by atoms with Gasteiger partial charge in [-0.2, -0.15) is 0 Å². The minimum atomic E-state index is -1.58. The van der Waals surface area contributed by atoms with E-state index in [1.807, 2.05) is 6.08 Å². The van der Waals surface area contributed by atoms with Gasteiger partial charge >= 0.3 is 5.97 Å². The molecule has 1 amide bonds. The molecular formula is C76H141NO10. The molecule has 7 atom stereocenters. The van der Waals surface area contributed by atoms with Gasteiger partial charge in [-0.05, 0) is 77.0 Å². The molecule has 11 nitrogen and oxygen atoms in total. The molecule has 0 aliphatic carbocycles. The Morgan fingerprint density at radius 2 is 0.782 bits per heavy atom. The van der Waals surface area contributed by atoms with Crippen molar-refractivity contribution < 1.29 is 49.3 Å². The van der Waals surface area contributed by atoms with Crippen molar-refractivity contribution >= 4 is 11.9 Å². The van der Waals surface area contributed by atoms with E-state index in [9.17, 15) is 35.1 Å². The number of carbonyl (C=O) groups is 2. The average molecular weight is 1230 g/mol. The zero-order valence-corrected chi connectivity index (χ0v) is 56.7. The van der Waals surface area contributed by atoms with Crippen molar-refractivity contribution in [2.75, 3.05) is 19.8 Å². The van der Waals surface area contributed by atoms with Crippen molar-refractivity contribution in [3.05, 3.63) is 48.6 Å². The zero-order chi connectivity index (χ0) is 63.0. The van der Waals surface area contributed by atoms with Crippen LogP contribution >= 0.6 is 0 Å². The van der Waals surface area contributed by atoms with Crippen molar-refractivity contribution in [3.63, 3.8) is 0 Å². The summed E-state index contributed by atoms with van der Waals surface area (Å²) >= 11 is 0. The van der Waals surface area contributed by atoms with Crippen molar-refractivity contribution in [1.29, 1.82) is 0 Å². The minimum absolute atomic E-state index is 0.0108. The molecule has 7 unspecified atom stereocenters. The minimum Gasteiger partial charge on any atom is -0.466 e. The Balaban J connectivity index is 1.94. The SMILES string of the molecule is CCCCCCCC/C=C/CC/C=C/C(O)C(COC1OC(CO)C(O)C(O)C1O)NC(=O)CCCCCCCCCCCCCCCCCCC/C=C\C/C=C\CCCCCCCCCCCCCOC(=O)CCCCCCCCCCCCCC. The smallest absolute Gasteiger partial charge is 0.305 e. The lowest BCUT2D eigenvalue weighted by molar-refractivity contribution is -0.302. The molecule has 0 saturated carbocycles. The summed E-state index contributed by atoms with van der Waals surface area (Å²) in [5.41, 5.74) is 0. The van der Waals surface area contributed by atoms with Gasteiger partial charge < -0.3 is 45.1 Å². The van der Waals surface area contributed by atoms with Gasteiger partial charge in [0.1, 0.15) is 24.4 Å². The topological polar surface area (TPSA) is 175 Å². The van der Waals surface area contributed by atoms with Gasteiger partial charge in [-0.1, -0.05) is 319 Å². The number of nitrogens with one attached hydrogen (secondary N) is 1. The third-order valence-corrected chi connectivity index (χ3v) is 17.7. The normalized spacial score (nSPS) is 18.1. The number of rotatable bonds is 66.